The lowest BCUT2D eigenvalue weighted by Gasteiger charge is -2.26. The van der Waals surface area contributed by atoms with Crippen LogP contribution in [-0.2, 0) is 4.79 Å². The van der Waals surface area contributed by atoms with E-state index in [9.17, 15) is 9.90 Å². The summed E-state index contributed by atoms with van der Waals surface area (Å²) in [6.45, 7) is 4.61. The van der Waals surface area contributed by atoms with Crippen LogP contribution in [0.25, 0.3) is 0 Å². The average molecular weight is 254 g/mol. The first-order chi connectivity index (χ1) is 7.08. The molecule has 98 valence electrons. The molecule has 0 radical (unpaired) electrons. The van der Waals surface area contributed by atoms with E-state index in [-0.39, 0.29) is 6.42 Å². The second-order valence-corrected chi connectivity index (χ2v) is 5.56. The summed E-state index contributed by atoms with van der Waals surface area (Å²) in [6.07, 6.45) is -1.09. The number of carboxylic acids is 1. The molecule has 0 aromatic carbocycles. The minimum Gasteiger partial charge on any atom is -0.550 e. The number of alkyl halides is 1. The van der Waals surface area contributed by atoms with Crippen molar-refractivity contribution in [1.82, 2.24) is 0 Å². The zero-order valence-electron chi connectivity index (χ0n) is 10.9. The number of carboxylic acid groups (broad SMARTS) is 1. The highest BCUT2D eigenvalue weighted by Gasteiger charge is 2.14. The Hall–Kier alpha value is -0.320. The molecule has 0 aromatic rings. The van der Waals surface area contributed by atoms with Gasteiger partial charge in [-0.15, -0.1) is 11.6 Å². The van der Waals surface area contributed by atoms with Gasteiger partial charge in [0.1, 0.15) is 12.6 Å². The Bertz CT molecular complexity index is 190. The third-order valence-corrected chi connectivity index (χ3v) is 2.09. The number of hydrogen-bond donors (Lipinski definition) is 1. The van der Waals surface area contributed by atoms with Gasteiger partial charge >= 0.3 is 0 Å². The van der Waals surface area contributed by atoms with E-state index in [4.69, 9.17) is 16.7 Å². The molecule has 1 atom stereocenters. The lowest BCUT2D eigenvalue weighted by Crippen LogP contribution is -2.43. The first kappa shape index (κ1) is 18.1. The van der Waals surface area contributed by atoms with Gasteiger partial charge in [0.05, 0.1) is 21.1 Å². The van der Waals surface area contributed by atoms with E-state index in [1.807, 2.05) is 21.1 Å². The zero-order chi connectivity index (χ0) is 13.4. The molecule has 4 nitrogen and oxygen atoms in total. The number of aliphatic carboxylic acids is 1. The van der Waals surface area contributed by atoms with Crippen molar-refractivity contribution in [1.29, 1.82) is 0 Å². The first-order valence-corrected chi connectivity index (χ1v) is 5.86. The van der Waals surface area contributed by atoms with Crippen molar-refractivity contribution in [2.24, 2.45) is 5.92 Å². The van der Waals surface area contributed by atoms with Crippen LogP contribution in [0.1, 0.15) is 20.3 Å². The highest BCUT2D eigenvalue weighted by Crippen LogP contribution is 1.97. The van der Waals surface area contributed by atoms with Crippen LogP contribution in [0.5, 0.6) is 0 Å². The predicted octanol–water partition coefficient (Wildman–Crippen LogP) is 0.0747. The summed E-state index contributed by atoms with van der Waals surface area (Å²) < 4.78 is 0.550. The number of aliphatic hydroxyl groups is 1. The third-order valence-electron chi connectivity index (χ3n) is 1.47. The Morgan fingerprint density at radius 3 is 1.94 bits per heavy atom. The summed E-state index contributed by atoms with van der Waals surface area (Å²) in [4.78, 5) is 10.0. The van der Waals surface area contributed by atoms with E-state index in [0.717, 1.165) is 5.88 Å². The lowest BCUT2D eigenvalue weighted by molar-refractivity contribution is -0.873. The van der Waals surface area contributed by atoms with Gasteiger partial charge in [-0.3, -0.25) is 0 Å². The molecule has 0 amide bonds. The number of likely N-dealkylation sites (N-methyl/N-ethyl adjacent to an activating group) is 1. The Balaban J connectivity index is 0. The average Bonchev–Trinajstić information content (AvgIpc) is 1.99. The normalized spacial score (nSPS) is 13.0. The van der Waals surface area contributed by atoms with Gasteiger partial charge in [0.2, 0.25) is 0 Å². The topological polar surface area (TPSA) is 60.4 Å². The number of carbonyl (C=O) groups excluding carboxylic acids is 1. The smallest absolute Gasteiger partial charge is 0.108 e. The fourth-order valence-corrected chi connectivity index (χ4v) is 0.889. The number of rotatable bonds is 5. The van der Waals surface area contributed by atoms with Gasteiger partial charge in [0.15, 0.2) is 0 Å². The van der Waals surface area contributed by atoms with Gasteiger partial charge in [-0.05, 0) is 5.92 Å². The van der Waals surface area contributed by atoms with Crippen molar-refractivity contribution >= 4 is 17.6 Å². The van der Waals surface area contributed by atoms with Crippen molar-refractivity contribution in [3.8, 4) is 0 Å². The van der Waals surface area contributed by atoms with E-state index in [0.29, 0.717) is 16.9 Å². The second-order valence-electron chi connectivity index (χ2n) is 5.25. The Labute approximate surface area is 103 Å². The summed E-state index contributed by atoms with van der Waals surface area (Å²) >= 11 is 5.34. The van der Waals surface area contributed by atoms with Gasteiger partial charge in [-0.2, -0.15) is 0 Å². The lowest BCUT2D eigenvalue weighted by atomic mass is 10.2. The highest BCUT2D eigenvalue weighted by molar-refractivity contribution is 6.17. The molecular weight excluding hydrogens is 230 g/mol. The molecular formula is C11H24ClNO3. The van der Waals surface area contributed by atoms with Gasteiger partial charge in [-0.1, -0.05) is 13.8 Å². The van der Waals surface area contributed by atoms with Crippen molar-refractivity contribution in [3.63, 3.8) is 0 Å². The van der Waals surface area contributed by atoms with Crippen LogP contribution in [-0.4, -0.2) is 55.2 Å². The molecule has 0 spiro atoms. The molecule has 0 saturated heterocycles. The van der Waals surface area contributed by atoms with Crippen LogP contribution in [0.2, 0.25) is 0 Å². The molecule has 0 rings (SSSR count). The maximum Gasteiger partial charge on any atom is 0.108 e. The van der Waals surface area contributed by atoms with Crippen LogP contribution in [0.15, 0.2) is 0 Å². The second kappa shape index (κ2) is 8.79. The summed E-state index contributed by atoms with van der Waals surface area (Å²) in [7, 11) is 5.66. The summed E-state index contributed by atoms with van der Waals surface area (Å²) in [5.41, 5.74) is 0. The van der Waals surface area contributed by atoms with Crippen molar-refractivity contribution in [3.05, 3.63) is 0 Å². The van der Waals surface area contributed by atoms with Gasteiger partial charge < -0.3 is 19.5 Å². The van der Waals surface area contributed by atoms with Crippen molar-refractivity contribution < 1.29 is 19.5 Å². The monoisotopic (exact) mass is 253 g/mol. The quantitative estimate of drug-likeness (QED) is 0.558. The summed E-state index contributed by atoms with van der Waals surface area (Å²) in [5, 5.41) is 19.1. The number of carbonyl (C=O) groups is 1. The van der Waals surface area contributed by atoms with E-state index in [1.54, 1.807) is 0 Å². The Morgan fingerprint density at radius 2 is 1.75 bits per heavy atom. The molecule has 0 aliphatic heterocycles. The molecule has 0 fully saturated rings. The molecule has 16 heavy (non-hydrogen) atoms. The van der Waals surface area contributed by atoms with Crippen molar-refractivity contribution in [2.75, 3.05) is 33.6 Å². The molecule has 0 aromatic heterocycles. The maximum absolute atomic E-state index is 10.0. The highest BCUT2D eigenvalue weighted by atomic mass is 35.5. The Morgan fingerprint density at radius 1 is 1.38 bits per heavy atom. The van der Waals surface area contributed by atoms with Crippen LogP contribution in [0.3, 0.4) is 0 Å². The number of nitrogens with zero attached hydrogens (tertiary/aromatic N) is 1. The number of aliphatic hydroxyl groups excluding tert-OH is 1. The van der Waals surface area contributed by atoms with E-state index in [2.05, 4.69) is 13.8 Å². The maximum atomic E-state index is 10.0. The van der Waals surface area contributed by atoms with Crippen LogP contribution in [0.4, 0.5) is 0 Å². The predicted molar refractivity (Wildman–Crippen MR) is 64.1 cm³/mol. The fraction of sp³-hybridized carbons (Fsp3) is 0.909. The molecule has 0 saturated carbocycles. The minimum atomic E-state index is -1.20. The first-order valence-electron chi connectivity index (χ1n) is 5.32. The summed E-state index contributed by atoms with van der Waals surface area (Å²) in [5.74, 6) is 0.225. The molecule has 5 heteroatoms. The molecule has 0 bridgehead atoms. The number of quaternary nitrogens is 1. The third kappa shape index (κ3) is 19.3. The molecule has 0 heterocycles. The van der Waals surface area contributed by atoms with Crippen molar-refractivity contribution in [2.45, 2.75) is 26.4 Å². The SMILES string of the molecule is CC(C)CCl.C[N+](C)(C)C[C@H](O)CC(=O)[O-]. The van der Waals surface area contributed by atoms with Crippen LogP contribution in [0, 0.1) is 5.92 Å². The zero-order valence-corrected chi connectivity index (χ0v) is 11.6. The van der Waals surface area contributed by atoms with Crippen LogP contribution < -0.4 is 5.11 Å². The Kier molecular flexibility index (Phi) is 9.92. The largest absolute Gasteiger partial charge is 0.550 e. The molecule has 0 aliphatic rings. The molecule has 1 N–H and O–H groups in total. The molecule has 0 aliphatic carbocycles. The fourth-order valence-electron chi connectivity index (χ4n) is 0.889. The minimum absolute atomic E-state index is 0.282. The van der Waals surface area contributed by atoms with E-state index < -0.39 is 12.1 Å². The standard InChI is InChI=1S/C7H15NO3.C4H9Cl/c1-8(2,3)5-6(9)4-7(10)11;1-4(2)3-5/h6,9H,4-5H2,1-3H3;4H,3H2,1-2H3/t6-;/m1./s1. The van der Waals surface area contributed by atoms with Gasteiger partial charge in [0.25, 0.3) is 0 Å². The number of hydrogen-bond acceptors (Lipinski definition) is 3. The van der Waals surface area contributed by atoms with Crippen LogP contribution >= 0.6 is 11.6 Å². The number of halogens is 1. The van der Waals surface area contributed by atoms with Gasteiger partial charge in [-0.25, -0.2) is 0 Å². The summed E-state index contributed by atoms with van der Waals surface area (Å²) in [6, 6.07) is 0. The van der Waals surface area contributed by atoms with Gasteiger partial charge in [0, 0.05) is 18.3 Å². The van der Waals surface area contributed by atoms with E-state index >= 15 is 0 Å². The van der Waals surface area contributed by atoms with E-state index in [1.165, 1.54) is 0 Å². The molecule has 0 unspecified atom stereocenters.